The van der Waals surface area contributed by atoms with Crippen LogP contribution in [0.1, 0.15) is 23.6 Å². The SMILES string of the molecule is CCOc1ccc(CC(=O)N/N=C/c2cc(I)c(OCc3ccc(Br)cc3)c(I)c2)cc1. The van der Waals surface area contributed by atoms with E-state index in [2.05, 4.69) is 71.6 Å². The lowest BCUT2D eigenvalue weighted by Crippen LogP contribution is -2.19. The van der Waals surface area contributed by atoms with Gasteiger partial charge in [-0.3, -0.25) is 4.79 Å². The Labute approximate surface area is 223 Å². The van der Waals surface area contributed by atoms with Crippen LogP contribution in [-0.4, -0.2) is 18.7 Å². The van der Waals surface area contributed by atoms with E-state index in [9.17, 15) is 4.79 Å². The molecule has 0 saturated carbocycles. The Hall–Kier alpha value is -1.66. The summed E-state index contributed by atoms with van der Waals surface area (Å²) in [7, 11) is 0. The zero-order chi connectivity index (χ0) is 22.9. The van der Waals surface area contributed by atoms with Crippen molar-refractivity contribution in [3.05, 3.63) is 89.0 Å². The van der Waals surface area contributed by atoms with E-state index in [-0.39, 0.29) is 12.3 Å². The van der Waals surface area contributed by atoms with Crippen LogP contribution in [0.5, 0.6) is 11.5 Å². The van der Waals surface area contributed by atoms with Crippen LogP contribution in [0.2, 0.25) is 0 Å². The van der Waals surface area contributed by atoms with E-state index < -0.39 is 0 Å². The number of hydrogen-bond acceptors (Lipinski definition) is 4. The Balaban J connectivity index is 1.54. The third-order valence-electron chi connectivity index (χ3n) is 4.32. The van der Waals surface area contributed by atoms with Crippen LogP contribution in [0.3, 0.4) is 0 Å². The Kier molecular flexibility index (Phi) is 9.79. The van der Waals surface area contributed by atoms with Crippen molar-refractivity contribution in [3.63, 3.8) is 0 Å². The summed E-state index contributed by atoms with van der Waals surface area (Å²) in [5, 5.41) is 4.10. The maximum atomic E-state index is 12.2. The number of carbonyl (C=O) groups is 1. The number of nitrogens with zero attached hydrogens (tertiary/aromatic N) is 1. The summed E-state index contributed by atoms with van der Waals surface area (Å²) in [4.78, 5) is 12.2. The smallest absolute Gasteiger partial charge is 0.244 e. The van der Waals surface area contributed by atoms with E-state index in [0.29, 0.717) is 13.2 Å². The first-order chi connectivity index (χ1) is 15.4. The van der Waals surface area contributed by atoms with Gasteiger partial charge in [0.1, 0.15) is 18.1 Å². The van der Waals surface area contributed by atoms with Gasteiger partial charge in [0.05, 0.1) is 26.4 Å². The summed E-state index contributed by atoms with van der Waals surface area (Å²) in [6, 6.07) is 19.5. The highest BCUT2D eigenvalue weighted by atomic mass is 127. The van der Waals surface area contributed by atoms with Crippen LogP contribution in [0, 0.1) is 7.14 Å². The number of ether oxygens (including phenoxy) is 2. The summed E-state index contributed by atoms with van der Waals surface area (Å²) in [6.45, 7) is 3.05. The lowest BCUT2D eigenvalue weighted by Gasteiger charge is -2.11. The highest BCUT2D eigenvalue weighted by Crippen LogP contribution is 2.29. The van der Waals surface area contributed by atoms with Gasteiger partial charge in [0, 0.05) is 4.47 Å². The molecule has 1 N–H and O–H groups in total. The van der Waals surface area contributed by atoms with Crippen molar-refractivity contribution in [2.45, 2.75) is 20.0 Å². The molecule has 0 unspecified atom stereocenters. The molecule has 0 atom stereocenters. The normalized spacial score (nSPS) is 10.9. The topological polar surface area (TPSA) is 59.9 Å². The van der Waals surface area contributed by atoms with Gasteiger partial charge in [0.25, 0.3) is 0 Å². The van der Waals surface area contributed by atoms with E-state index in [1.807, 2.05) is 67.6 Å². The Morgan fingerprint density at radius 3 is 2.25 bits per heavy atom. The summed E-state index contributed by atoms with van der Waals surface area (Å²) in [5.41, 5.74) is 5.47. The van der Waals surface area contributed by atoms with Crippen molar-refractivity contribution in [1.82, 2.24) is 5.43 Å². The second-order valence-electron chi connectivity index (χ2n) is 6.78. The van der Waals surface area contributed by atoms with Gasteiger partial charge in [0.2, 0.25) is 5.91 Å². The van der Waals surface area contributed by atoms with Crippen molar-refractivity contribution in [1.29, 1.82) is 0 Å². The number of halogens is 3. The molecule has 166 valence electrons. The van der Waals surface area contributed by atoms with Crippen molar-refractivity contribution in [3.8, 4) is 11.5 Å². The minimum Gasteiger partial charge on any atom is -0.494 e. The molecule has 3 aromatic carbocycles. The van der Waals surface area contributed by atoms with Crippen LogP contribution in [0.15, 0.2) is 70.2 Å². The fraction of sp³-hybridized carbons (Fsp3) is 0.167. The van der Waals surface area contributed by atoms with Crippen LogP contribution in [0.25, 0.3) is 0 Å². The molecule has 0 aliphatic carbocycles. The number of nitrogens with one attached hydrogen (secondary N) is 1. The maximum absolute atomic E-state index is 12.2. The number of hydrogen-bond donors (Lipinski definition) is 1. The summed E-state index contributed by atoms with van der Waals surface area (Å²) in [6.07, 6.45) is 1.89. The van der Waals surface area contributed by atoms with Crippen molar-refractivity contribution >= 4 is 73.2 Å². The van der Waals surface area contributed by atoms with Crippen molar-refractivity contribution < 1.29 is 14.3 Å². The predicted octanol–water partition coefficient (Wildman–Crippen LogP) is 6.33. The zero-order valence-corrected chi connectivity index (χ0v) is 23.2. The van der Waals surface area contributed by atoms with Gasteiger partial charge in [0.15, 0.2) is 0 Å². The highest BCUT2D eigenvalue weighted by Gasteiger charge is 2.09. The molecule has 0 aliphatic rings. The predicted molar refractivity (Wildman–Crippen MR) is 147 cm³/mol. The molecule has 0 saturated heterocycles. The van der Waals surface area contributed by atoms with Crippen molar-refractivity contribution in [2.75, 3.05) is 6.61 Å². The average molecular weight is 719 g/mol. The van der Waals surface area contributed by atoms with Gasteiger partial charge in [-0.2, -0.15) is 5.10 Å². The minimum absolute atomic E-state index is 0.177. The van der Waals surface area contributed by atoms with Gasteiger partial charge < -0.3 is 9.47 Å². The Morgan fingerprint density at radius 1 is 1.00 bits per heavy atom. The molecule has 8 heteroatoms. The molecule has 0 fully saturated rings. The summed E-state index contributed by atoms with van der Waals surface area (Å²) in [5.74, 6) is 1.46. The average Bonchev–Trinajstić information content (AvgIpc) is 2.76. The third-order valence-corrected chi connectivity index (χ3v) is 6.45. The van der Waals surface area contributed by atoms with E-state index in [4.69, 9.17) is 9.47 Å². The quantitative estimate of drug-likeness (QED) is 0.160. The monoisotopic (exact) mass is 718 g/mol. The summed E-state index contributed by atoms with van der Waals surface area (Å²) >= 11 is 7.94. The molecule has 0 spiro atoms. The lowest BCUT2D eigenvalue weighted by molar-refractivity contribution is -0.120. The molecular formula is C24H21BrI2N2O3. The van der Waals surface area contributed by atoms with E-state index in [0.717, 1.165) is 39.8 Å². The molecule has 0 radical (unpaired) electrons. The molecular weight excluding hydrogens is 698 g/mol. The zero-order valence-electron chi connectivity index (χ0n) is 17.3. The fourth-order valence-electron chi connectivity index (χ4n) is 2.80. The second-order valence-corrected chi connectivity index (χ2v) is 10.0. The minimum atomic E-state index is -0.177. The number of hydrazone groups is 1. The number of rotatable bonds is 9. The molecule has 3 rings (SSSR count). The molecule has 0 aromatic heterocycles. The molecule has 0 heterocycles. The van der Waals surface area contributed by atoms with Crippen LogP contribution in [-0.2, 0) is 17.8 Å². The molecule has 3 aromatic rings. The second kappa shape index (κ2) is 12.5. The van der Waals surface area contributed by atoms with Crippen LogP contribution < -0.4 is 14.9 Å². The molecule has 0 bridgehead atoms. The van der Waals surface area contributed by atoms with E-state index in [1.165, 1.54) is 0 Å². The third kappa shape index (κ3) is 7.73. The van der Waals surface area contributed by atoms with E-state index >= 15 is 0 Å². The van der Waals surface area contributed by atoms with Gasteiger partial charge >= 0.3 is 0 Å². The van der Waals surface area contributed by atoms with Gasteiger partial charge in [-0.1, -0.05) is 40.2 Å². The first kappa shape index (κ1) is 25.0. The molecule has 0 aliphatic heterocycles. The van der Waals surface area contributed by atoms with E-state index in [1.54, 1.807) is 6.21 Å². The largest absolute Gasteiger partial charge is 0.494 e. The molecule has 32 heavy (non-hydrogen) atoms. The Morgan fingerprint density at radius 2 is 1.62 bits per heavy atom. The van der Waals surface area contributed by atoms with Gasteiger partial charge in [-0.15, -0.1) is 0 Å². The summed E-state index contributed by atoms with van der Waals surface area (Å²) < 4.78 is 14.4. The maximum Gasteiger partial charge on any atom is 0.244 e. The van der Waals surface area contributed by atoms with Crippen LogP contribution >= 0.6 is 61.1 Å². The number of amides is 1. The molecule has 5 nitrogen and oxygen atoms in total. The Bertz CT molecular complexity index is 1060. The first-order valence-corrected chi connectivity index (χ1v) is 12.8. The molecule has 1 amide bonds. The number of carbonyl (C=O) groups excluding carboxylic acids is 1. The first-order valence-electron chi connectivity index (χ1n) is 9.84. The fourth-order valence-corrected chi connectivity index (χ4v) is 5.19. The number of benzene rings is 3. The standard InChI is InChI=1S/C24H21BrI2N2O3/c1-2-31-20-9-5-16(6-10-20)13-23(30)29-28-14-18-11-21(26)24(22(27)12-18)32-15-17-3-7-19(25)8-4-17/h3-12,14H,2,13,15H2,1H3,(H,29,30)/b28-14+. The lowest BCUT2D eigenvalue weighted by atomic mass is 10.1. The van der Waals surface area contributed by atoms with Gasteiger partial charge in [-0.25, -0.2) is 5.43 Å². The van der Waals surface area contributed by atoms with Gasteiger partial charge in [-0.05, 0) is 105 Å². The van der Waals surface area contributed by atoms with Crippen molar-refractivity contribution in [2.24, 2.45) is 5.10 Å². The highest BCUT2D eigenvalue weighted by molar-refractivity contribution is 14.1. The van der Waals surface area contributed by atoms with Crippen LogP contribution in [0.4, 0.5) is 0 Å².